The van der Waals surface area contributed by atoms with Crippen molar-refractivity contribution < 1.29 is 34.1 Å². The number of hydrogen-bond donors (Lipinski definition) is 4. The average molecular weight is 389 g/mol. The molecule has 1 amide bonds. The molecule has 0 unspecified atom stereocenters. The van der Waals surface area contributed by atoms with Crippen LogP contribution < -0.4 is 10.6 Å². The highest BCUT2D eigenvalue weighted by atomic mass is 32.1. The number of aliphatic carboxylic acids is 1. The molecule has 11 heteroatoms. The van der Waals surface area contributed by atoms with Gasteiger partial charge in [-0.05, 0) is 6.92 Å². The Morgan fingerprint density at radius 1 is 1.35 bits per heavy atom. The number of carboxylic acid groups (broad SMARTS) is 1. The Balaban J connectivity index is 2.43. The summed E-state index contributed by atoms with van der Waals surface area (Å²) >= 11 is 1.14. The number of amides is 1. The number of carboxylic acids is 1. The molecule has 1 aromatic rings. The Morgan fingerprint density at radius 2 is 2.12 bits per heavy atom. The number of nitrogens with one attached hydrogen (secondary N) is 2. The van der Waals surface area contributed by atoms with Gasteiger partial charge < -0.3 is 30.3 Å². The molecule has 1 rings (SSSR count). The number of aromatic nitrogens is 1. The van der Waals surface area contributed by atoms with E-state index in [2.05, 4.69) is 15.6 Å². The number of thiazole rings is 1. The van der Waals surface area contributed by atoms with Crippen LogP contribution in [0.3, 0.4) is 0 Å². The second kappa shape index (κ2) is 12.3. The molecule has 0 fully saturated rings. The molecule has 0 aliphatic carbocycles. The minimum atomic E-state index is -1.16. The molecular weight excluding hydrogens is 366 g/mol. The Bertz CT molecular complexity index is 594. The number of carbonyl (C=O) groups excluding carboxylic acids is 2. The summed E-state index contributed by atoms with van der Waals surface area (Å²) < 4.78 is 9.83. The Hall–Kier alpha value is -2.08. The van der Waals surface area contributed by atoms with Crippen LogP contribution in [0.15, 0.2) is 5.38 Å². The topological polar surface area (TPSA) is 147 Å². The molecule has 0 saturated heterocycles. The molecule has 1 aromatic heterocycles. The van der Waals surface area contributed by atoms with Gasteiger partial charge in [0, 0.05) is 11.9 Å². The molecule has 4 N–H and O–H groups in total. The average Bonchev–Trinajstić information content (AvgIpc) is 3.00. The van der Waals surface area contributed by atoms with Gasteiger partial charge in [-0.3, -0.25) is 14.4 Å². The van der Waals surface area contributed by atoms with Gasteiger partial charge in [-0.2, -0.15) is 0 Å². The maximum absolute atomic E-state index is 12.0. The van der Waals surface area contributed by atoms with Gasteiger partial charge in [0.15, 0.2) is 5.13 Å². The Kier molecular flexibility index (Phi) is 10.4. The molecule has 0 saturated carbocycles. The van der Waals surface area contributed by atoms with Crippen molar-refractivity contribution >= 4 is 34.3 Å². The maximum atomic E-state index is 12.0. The van der Waals surface area contributed by atoms with Gasteiger partial charge in [0.2, 0.25) is 5.91 Å². The fourth-order valence-corrected chi connectivity index (χ4v) is 2.61. The first-order chi connectivity index (χ1) is 12.5. The van der Waals surface area contributed by atoms with Gasteiger partial charge >= 0.3 is 11.9 Å². The fourth-order valence-electron chi connectivity index (χ4n) is 1.88. The summed E-state index contributed by atoms with van der Waals surface area (Å²) in [4.78, 5) is 38.7. The third kappa shape index (κ3) is 8.85. The van der Waals surface area contributed by atoms with Crippen LogP contribution in [-0.2, 0) is 30.3 Å². The number of rotatable bonds is 13. The van der Waals surface area contributed by atoms with E-state index in [0.717, 1.165) is 11.3 Å². The van der Waals surface area contributed by atoms with Crippen molar-refractivity contribution in [3.63, 3.8) is 0 Å². The zero-order valence-electron chi connectivity index (χ0n) is 14.4. The molecule has 0 bridgehead atoms. The largest absolute Gasteiger partial charge is 0.480 e. The Morgan fingerprint density at radius 3 is 2.77 bits per heavy atom. The van der Waals surface area contributed by atoms with Gasteiger partial charge in [-0.1, -0.05) is 0 Å². The van der Waals surface area contributed by atoms with Crippen molar-refractivity contribution in [3.8, 4) is 0 Å². The highest BCUT2D eigenvalue weighted by Crippen LogP contribution is 2.16. The van der Waals surface area contributed by atoms with Crippen molar-refractivity contribution in [1.29, 1.82) is 0 Å². The van der Waals surface area contributed by atoms with Crippen LogP contribution in [-0.4, -0.2) is 72.1 Å². The quantitative estimate of drug-likeness (QED) is 0.262. The number of aliphatic hydroxyl groups excluding tert-OH is 1. The van der Waals surface area contributed by atoms with Crippen molar-refractivity contribution in [3.05, 3.63) is 11.1 Å². The van der Waals surface area contributed by atoms with E-state index in [1.807, 2.05) is 0 Å². The zero-order valence-corrected chi connectivity index (χ0v) is 15.2. The number of anilines is 1. The molecule has 0 aliphatic heterocycles. The van der Waals surface area contributed by atoms with Crippen molar-refractivity contribution in [2.24, 2.45) is 0 Å². The van der Waals surface area contributed by atoms with E-state index in [0.29, 0.717) is 5.69 Å². The summed E-state index contributed by atoms with van der Waals surface area (Å²) in [6, 6.07) is -1.08. The summed E-state index contributed by atoms with van der Waals surface area (Å²) in [7, 11) is 0. The molecule has 0 aliphatic rings. The molecule has 10 nitrogen and oxygen atoms in total. The van der Waals surface area contributed by atoms with Crippen LogP contribution in [0.25, 0.3) is 0 Å². The van der Waals surface area contributed by atoms with Gasteiger partial charge in [0.1, 0.15) is 6.04 Å². The molecule has 146 valence electrons. The van der Waals surface area contributed by atoms with Gasteiger partial charge in [-0.15, -0.1) is 11.3 Å². The SMILES string of the molecule is CCOC(=O)Cc1csc(NC(=O)C[C@H](NCCOCCO)C(=O)O)n1. The maximum Gasteiger partial charge on any atom is 0.321 e. The highest BCUT2D eigenvalue weighted by molar-refractivity contribution is 7.13. The predicted octanol–water partition coefficient (Wildman–Crippen LogP) is -0.371. The van der Waals surface area contributed by atoms with Crippen molar-refractivity contribution in [2.75, 3.05) is 38.3 Å². The minimum Gasteiger partial charge on any atom is -0.480 e. The summed E-state index contributed by atoms with van der Waals surface area (Å²) in [5.74, 6) is -2.09. The van der Waals surface area contributed by atoms with E-state index in [1.165, 1.54) is 0 Å². The van der Waals surface area contributed by atoms with Crippen molar-refractivity contribution in [2.45, 2.75) is 25.8 Å². The lowest BCUT2D eigenvalue weighted by Crippen LogP contribution is -2.41. The van der Waals surface area contributed by atoms with E-state index >= 15 is 0 Å². The van der Waals surface area contributed by atoms with E-state index in [1.54, 1.807) is 12.3 Å². The summed E-state index contributed by atoms with van der Waals surface area (Å²) in [6.45, 7) is 2.48. The number of nitrogens with zero attached hydrogens (tertiary/aromatic N) is 1. The molecule has 0 spiro atoms. The molecule has 0 radical (unpaired) electrons. The van der Waals surface area contributed by atoms with Gasteiger partial charge in [0.05, 0.1) is 45.0 Å². The number of hydrogen-bond acceptors (Lipinski definition) is 9. The van der Waals surface area contributed by atoms with Gasteiger partial charge in [0.25, 0.3) is 0 Å². The fraction of sp³-hybridized carbons (Fsp3) is 0.600. The molecule has 1 heterocycles. The highest BCUT2D eigenvalue weighted by Gasteiger charge is 2.21. The molecule has 0 aromatic carbocycles. The lowest BCUT2D eigenvalue weighted by molar-refractivity contribution is -0.142. The number of esters is 1. The first kappa shape index (κ1) is 22.0. The third-order valence-corrected chi connectivity index (χ3v) is 3.80. The standard InChI is InChI=1S/C15H23N3O7S/c1-2-25-13(21)7-10-9-26-15(17-10)18-12(20)8-11(14(22)23)16-3-5-24-6-4-19/h9,11,16,19H,2-8H2,1H3,(H,22,23)(H,17,18,20)/t11-/m0/s1. The van der Waals surface area contributed by atoms with E-state index in [-0.39, 0.29) is 50.9 Å². The predicted molar refractivity (Wildman–Crippen MR) is 93.0 cm³/mol. The summed E-state index contributed by atoms with van der Waals surface area (Å²) in [5, 5.41) is 24.8. The molecule has 26 heavy (non-hydrogen) atoms. The van der Waals surface area contributed by atoms with Crippen LogP contribution in [0.4, 0.5) is 5.13 Å². The monoisotopic (exact) mass is 389 g/mol. The lowest BCUT2D eigenvalue weighted by Gasteiger charge is -2.13. The lowest BCUT2D eigenvalue weighted by atomic mass is 10.2. The van der Waals surface area contributed by atoms with Crippen LogP contribution in [0.1, 0.15) is 19.0 Å². The Labute approximate surface area is 154 Å². The van der Waals surface area contributed by atoms with Crippen LogP contribution >= 0.6 is 11.3 Å². The van der Waals surface area contributed by atoms with Gasteiger partial charge in [-0.25, -0.2) is 4.98 Å². The van der Waals surface area contributed by atoms with Crippen LogP contribution in [0.2, 0.25) is 0 Å². The second-order valence-corrected chi connectivity index (χ2v) is 5.92. The van der Waals surface area contributed by atoms with E-state index in [9.17, 15) is 14.4 Å². The van der Waals surface area contributed by atoms with Crippen LogP contribution in [0, 0.1) is 0 Å². The number of carbonyl (C=O) groups is 3. The third-order valence-electron chi connectivity index (χ3n) is 2.99. The minimum absolute atomic E-state index is 0.00730. The first-order valence-corrected chi connectivity index (χ1v) is 8.88. The number of aliphatic hydroxyl groups is 1. The normalized spacial score (nSPS) is 11.8. The zero-order chi connectivity index (χ0) is 19.4. The smallest absolute Gasteiger partial charge is 0.321 e. The molecule has 1 atom stereocenters. The van der Waals surface area contributed by atoms with Crippen molar-refractivity contribution in [1.82, 2.24) is 10.3 Å². The van der Waals surface area contributed by atoms with Crippen LogP contribution in [0.5, 0.6) is 0 Å². The second-order valence-electron chi connectivity index (χ2n) is 5.06. The first-order valence-electron chi connectivity index (χ1n) is 8.00. The summed E-state index contributed by atoms with van der Waals surface area (Å²) in [6.07, 6.45) is -0.282. The number of ether oxygens (including phenoxy) is 2. The molecular formula is C15H23N3O7S. The van der Waals surface area contributed by atoms with E-state index in [4.69, 9.17) is 19.7 Å². The van der Waals surface area contributed by atoms with E-state index < -0.39 is 23.9 Å². The summed E-state index contributed by atoms with van der Waals surface area (Å²) in [5.41, 5.74) is 0.470.